The molecule has 5 heteroatoms. The molecule has 0 aliphatic carbocycles. The molecule has 0 radical (unpaired) electrons. The molecule has 98 valence electrons. The largest absolute Gasteiger partial charge is 0.481 e. The highest BCUT2D eigenvalue weighted by Gasteiger charge is 2.23. The van der Waals surface area contributed by atoms with Gasteiger partial charge in [-0.05, 0) is 31.0 Å². The predicted octanol–water partition coefficient (Wildman–Crippen LogP) is 1.38. The number of ketones is 1. The zero-order chi connectivity index (χ0) is 13.7. The Kier molecular flexibility index (Phi) is 4.97. The molecule has 0 heterocycles. The van der Waals surface area contributed by atoms with E-state index >= 15 is 0 Å². The van der Waals surface area contributed by atoms with E-state index < -0.39 is 23.7 Å². The van der Waals surface area contributed by atoms with Crippen molar-refractivity contribution in [1.82, 2.24) is 0 Å². The molecule has 0 unspecified atom stereocenters. The molecule has 0 saturated heterocycles. The van der Waals surface area contributed by atoms with Gasteiger partial charge in [-0.25, -0.2) is 4.39 Å². The monoisotopic (exact) mass is 253 g/mol. The Labute approximate surface area is 105 Å². The van der Waals surface area contributed by atoms with Crippen LogP contribution in [0.25, 0.3) is 0 Å². The maximum atomic E-state index is 13.0. The van der Waals surface area contributed by atoms with Crippen LogP contribution in [0, 0.1) is 11.7 Å². The minimum atomic E-state index is -1.08. The molecule has 3 N–H and O–H groups in total. The van der Waals surface area contributed by atoms with Crippen LogP contribution in [-0.4, -0.2) is 22.9 Å². The highest BCUT2D eigenvalue weighted by molar-refractivity contribution is 5.87. The topological polar surface area (TPSA) is 80.4 Å². The van der Waals surface area contributed by atoms with Crippen LogP contribution < -0.4 is 5.73 Å². The first kappa shape index (κ1) is 14.3. The van der Waals surface area contributed by atoms with Gasteiger partial charge in [0.05, 0.1) is 12.0 Å². The molecule has 4 nitrogen and oxygen atoms in total. The summed E-state index contributed by atoms with van der Waals surface area (Å²) < 4.78 is 13.0. The van der Waals surface area contributed by atoms with E-state index in [4.69, 9.17) is 10.8 Å². The van der Waals surface area contributed by atoms with E-state index in [1.807, 2.05) is 0 Å². The molecular formula is C13H16FNO3. The normalized spacial score (nSPS) is 13.9. The third-order valence-electron chi connectivity index (χ3n) is 2.68. The minimum absolute atomic E-state index is 0.117. The van der Waals surface area contributed by atoms with E-state index in [1.54, 1.807) is 6.07 Å². The van der Waals surface area contributed by atoms with E-state index in [2.05, 4.69) is 0 Å². The van der Waals surface area contributed by atoms with Gasteiger partial charge in [0.25, 0.3) is 0 Å². The second kappa shape index (κ2) is 6.26. The maximum absolute atomic E-state index is 13.0. The average Bonchev–Trinajstić information content (AvgIpc) is 2.27. The number of nitrogens with two attached hydrogens (primary N) is 1. The number of Topliss-reactive ketones (excluding diaryl/α,β-unsaturated/α-hetero) is 1. The van der Waals surface area contributed by atoms with Crippen LogP contribution in [-0.2, 0) is 16.0 Å². The van der Waals surface area contributed by atoms with Crippen LogP contribution >= 0.6 is 0 Å². The van der Waals surface area contributed by atoms with Gasteiger partial charge in [-0.15, -0.1) is 0 Å². The van der Waals surface area contributed by atoms with Crippen LogP contribution in [0.3, 0.4) is 0 Å². The smallest absolute Gasteiger partial charge is 0.307 e. The van der Waals surface area contributed by atoms with Crippen LogP contribution in [0.1, 0.15) is 18.9 Å². The average molecular weight is 253 g/mol. The number of carboxylic acid groups (broad SMARTS) is 1. The fraction of sp³-hybridized carbons (Fsp3) is 0.385. The molecular weight excluding hydrogens is 237 g/mol. The van der Waals surface area contributed by atoms with Gasteiger partial charge in [-0.3, -0.25) is 9.59 Å². The predicted molar refractivity (Wildman–Crippen MR) is 64.5 cm³/mol. The molecule has 0 aliphatic heterocycles. The lowest BCUT2D eigenvalue weighted by Gasteiger charge is -2.13. The van der Waals surface area contributed by atoms with Crippen molar-refractivity contribution in [3.8, 4) is 0 Å². The first-order chi connectivity index (χ1) is 8.40. The van der Waals surface area contributed by atoms with E-state index in [-0.39, 0.29) is 18.6 Å². The molecule has 0 aliphatic rings. The summed E-state index contributed by atoms with van der Waals surface area (Å²) in [6.07, 6.45) is -0.0188. The van der Waals surface area contributed by atoms with E-state index in [9.17, 15) is 14.0 Å². The number of benzene rings is 1. The third kappa shape index (κ3) is 4.25. The number of carboxylic acids is 1. The molecule has 0 spiro atoms. The van der Waals surface area contributed by atoms with Gasteiger partial charge in [-0.1, -0.05) is 12.1 Å². The van der Waals surface area contributed by atoms with Gasteiger partial charge in [-0.2, -0.15) is 0 Å². The Morgan fingerprint density at radius 3 is 2.61 bits per heavy atom. The summed E-state index contributed by atoms with van der Waals surface area (Å²) in [5.41, 5.74) is 5.95. The Balaban J connectivity index is 2.75. The zero-order valence-corrected chi connectivity index (χ0v) is 10.1. The number of carbonyl (C=O) groups excluding carboxylic acids is 1. The number of hydrogen-bond donors (Lipinski definition) is 2. The number of rotatable bonds is 6. The number of halogens is 1. The summed E-state index contributed by atoms with van der Waals surface area (Å²) >= 11 is 0. The highest BCUT2D eigenvalue weighted by atomic mass is 19.1. The van der Waals surface area contributed by atoms with Crippen molar-refractivity contribution in [1.29, 1.82) is 0 Å². The molecule has 0 aromatic heterocycles. The zero-order valence-electron chi connectivity index (χ0n) is 10.1. The first-order valence-electron chi connectivity index (χ1n) is 5.65. The maximum Gasteiger partial charge on any atom is 0.307 e. The van der Waals surface area contributed by atoms with Crippen LogP contribution in [0.15, 0.2) is 24.3 Å². The molecule has 1 rings (SSSR count). The van der Waals surface area contributed by atoms with Crippen molar-refractivity contribution in [2.75, 3.05) is 0 Å². The van der Waals surface area contributed by atoms with E-state index in [0.29, 0.717) is 5.56 Å². The number of aliphatic carboxylic acids is 1. The van der Waals surface area contributed by atoms with E-state index in [1.165, 1.54) is 25.1 Å². The quantitative estimate of drug-likeness (QED) is 0.802. The van der Waals surface area contributed by atoms with Gasteiger partial charge in [0.1, 0.15) is 11.6 Å². The number of carbonyl (C=O) groups is 2. The third-order valence-corrected chi connectivity index (χ3v) is 2.68. The minimum Gasteiger partial charge on any atom is -0.481 e. The first-order valence-corrected chi connectivity index (χ1v) is 5.65. The molecule has 2 atom stereocenters. The van der Waals surface area contributed by atoms with Gasteiger partial charge in [0, 0.05) is 6.42 Å². The standard InChI is InChI=1S/C13H16FNO3/c1-8(15)12(16)7-10(13(17)18)5-9-3-2-4-11(14)6-9/h2-4,6,8,10H,5,7,15H2,1H3,(H,17,18)/t8-,10+/m0/s1. The van der Waals surface area contributed by atoms with Gasteiger partial charge >= 0.3 is 5.97 Å². The molecule has 1 aromatic rings. The van der Waals surface area contributed by atoms with Gasteiger partial charge in [0.2, 0.25) is 0 Å². The number of hydrogen-bond acceptors (Lipinski definition) is 3. The second-order valence-electron chi connectivity index (χ2n) is 4.33. The fourth-order valence-corrected chi connectivity index (χ4v) is 1.62. The van der Waals surface area contributed by atoms with Crippen LogP contribution in [0.2, 0.25) is 0 Å². The summed E-state index contributed by atoms with van der Waals surface area (Å²) in [6, 6.07) is 5.02. The highest BCUT2D eigenvalue weighted by Crippen LogP contribution is 2.15. The molecule has 0 bridgehead atoms. The fourth-order valence-electron chi connectivity index (χ4n) is 1.62. The van der Waals surface area contributed by atoms with Crippen molar-refractivity contribution in [3.63, 3.8) is 0 Å². The van der Waals surface area contributed by atoms with E-state index in [0.717, 1.165) is 0 Å². The summed E-state index contributed by atoms with van der Waals surface area (Å²) in [5, 5.41) is 9.05. The summed E-state index contributed by atoms with van der Waals surface area (Å²) in [7, 11) is 0. The van der Waals surface area contributed by atoms with Crippen molar-refractivity contribution in [3.05, 3.63) is 35.6 Å². The Hall–Kier alpha value is -1.75. The van der Waals surface area contributed by atoms with Crippen molar-refractivity contribution in [2.24, 2.45) is 11.7 Å². The van der Waals surface area contributed by atoms with Crippen molar-refractivity contribution < 1.29 is 19.1 Å². The van der Waals surface area contributed by atoms with Crippen LogP contribution in [0.5, 0.6) is 0 Å². The molecule has 0 amide bonds. The summed E-state index contributed by atoms with van der Waals surface area (Å²) in [5.74, 6) is -2.67. The summed E-state index contributed by atoms with van der Waals surface area (Å²) in [4.78, 5) is 22.5. The molecule has 18 heavy (non-hydrogen) atoms. The lowest BCUT2D eigenvalue weighted by atomic mass is 9.93. The Bertz CT molecular complexity index is 446. The van der Waals surface area contributed by atoms with Gasteiger partial charge in [0.15, 0.2) is 0 Å². The molecule has 0 fully saturated rings. The summed E-state index contributed by atoms with van der Waals surface area (Å²) in [6.45, 7) is 1.52. The SMILES string of the molecule is C[C@H](N)C(=O)C[C@@H](Cc1cccc(F)c1)C(=O)O. The second-order valence-corrected chi connectivity index (χ2v) is 4.33. The lowest BCUT2D eigenvalue weighted by Crippen LogP contribution is -2.31. The molecule has 0 saturated carbocycles. The lowest BCUT2D eigenvalue weighted by molar-refractivity contribution is -0.143. The Morgan fingerprint density at radius 2 is 2.11 bits per heavy atom. The van der Waals surface area contributed by atoms with Gasteiger partial charge < -0.3 is 10.8 Å². The van der Waals surface area contributed by atoms with Crippen molar-refractivity contribution in [2.45, 2.75) is 25.8 Å². The van der Waals surface area contributed by atoms with Crippen molar-refractivity contribution >= 4 is 11.8 Å². The molecule has 1 aromatic carbocycles. The van der Waals surface area contributed by atoms with Crippen LogP contribution in [0.4, 0.5) is 4.39 Å². The Morgan fingerprint density at radius 1 is 1.44 bits per heavy atom.